The maximum Gasteiger partial charge on any atom is 0.165 e. The van der Waals surface area contributed by atoms with Crippen molar-refractivity contribution in [3.63, 3.8) is 0 Å². The molecule has 0 amide bonds. The molecule has 2 aliphatic rings. The number of nitrogens with zero attached hydrogens (tertiary/aromatic N) is 4. The number of aromatic nitrogens is 4. The van der Waals surface area contributed by atoms with Crippen LogP contribution in [0.3, 0.4) is 0 Å². The van der Waals surface area contributed by atoms with Gasteiger partial charge in [0.15, 0.2) is 22.8 Å². The molecule has 1 aliphatic carbocycles. The molecule has 2 aromatic heterocycles. The fraction of sp³-hybridized carbons (Fsp3) is 0.450. The Morgan fingerprint density at radius 1 is 1.14 bits per heavy atom. The molecule has 5 rings (SSSR count). The number of alkyl halides is 1. The van der Waals surface area contributed by atoms with Gasteiger partial charge in [-0.15, -0.1) is 0 Å². The first kappa shape index (κ1) is 18.9. The second-order valence-corrected chi connectivity index (χ2v) is 8.11. The maximum atomic E-state index is 15.7. The Morgan fingerprint density at radius 3 is 2.69 bits per heavy atom. The highest BCUT2D eigenvalue weighted by Gasteiger charge is 2.61. The van der Waals surface area contributed by atoms with Crippen LogP contribution >= 0.6 is 11.6 Å². The molecule has 2 fully saturated rings. The van der Waals surface area contributed by atoms with Crippen LogP contribution in [0.15, 0.2) is 43.0 Å². The van der Waals surface area contributed by atoms with Gasteiger partial charge in [0.25, 0.3) is 0 Å². The highest BCUT2D eigenvalue weighted by Crippen LogP contribution is 2.47. The van der Waals surface area contributed by atoms with E-state index in [4.69, 9.17) is 25.8 Å². The van der Waals surface area contributed by atoms with Crippen LogP contribution in [0.2, 0.25) is 5.15 Å². The van der Waals surface area contributed by atoms with Crippen molar-refractivity contribution < 1.29 is 18.6 Å². The van der Waals surface area contributed by atoms with E-state index in [1.54, 1.807) is 4.57 Å². The zero-order valence-electron chi connectivity index (χ0n) is 15.9. The molecule has 29 heavy (non-hydrogen) atoms. The largest absolute Gasteiger partial charge is 0.368 e. The second-order valence-electron chi connectivity index (χ2n) is 7.75. The molecule has 0 bridgehead atoms. The zero-order chi connectivity index (χ0) is 20.2. The number of halogens is 2. The maximum absolute atomic E-state index is 15.7. The lowest BCUT2D eigenvalue weighted by Crippen LogP contribution is -2.36. The quantitative estimate of drug-likeness (QED) is 0.604. The van der Waals surface area contributed by atoms with Gasteiger partial charge in [-0.2, -0.15) is 0 Å². The van der Waals surface area contributed by atoms with Gasteiger partial charge < -0.3 is 18.8 Å². The highest BCUT2D eigenvalue weighted by molar-refractivity contribution is 6.33. The molecule has 1 aromatic carbocycles. The first-order chi connectivity index (χ1) is 13.9. The minimum atomic E-state index is -1.38. The monoisotopic (exact) mass is 418 g/mol. The average molecular weight is 419 g/mol. The topological polar surface area (TPSA) is 71.3 Å². The van der Waals surface area contributed by atoms with Crippen LogP contribution in [0.5, 0.6) is 0 Å². The summed E-state index contributed by atoms with van der Waals surface area (Å²) < 4.78 is 35.5. The van der Waals surface area contributed by atoms with Crippen molar-refractivity contribution in [3.05, 3.63) is 53.7 Å². The summed E-state index contributed by atoms with van der Waals surface area (Å²) in [5.41, 5.74) is 1.84. The van der Waals surface area contributed by atoms with E-state index in [1.807, 2.05) is 44.2 Å². The van der Waals surface area contributed by atoms with E-state index in [9.17, 15) is 0 Å². The molecule has 0 N–H and O–H groups in total. The molecular formula is C20H20ClFN4O3. The molecule has 9 heteroatoms. The molecule has 0 radical (unpaired) electrons. The van der Waals surface area contributed by atoms with Gasteiger partial charge in [-0.05, 0) is 19.4 Å². The highest BCUT2D eigenvalue weighted by atomic mass is 35.5. The predicted octanol–water partition coefficient (Wildman–Crippen LogP) is 3.48. The van der Waals surface area contributed by atoms with Crippen LogP contribution in [0.25, 0.3) is 11.2 Å². The Hall–Kier alpha value is -2.13. The number of benzene rings is 1. The molecule has 3 heterocycles. The van der Waals surface area contributed by atoms with Crippen molar-refractivity contribution in [2.75, 3.05) is 0 Å². The molecule has 1 aliphatic heterocycles. The first-order valence-corrected chi connectivity index (χ1v) is 9.81. The molecule has 0 spiro atoms. The SMILES string of the molecule is CC1(C)O[C@H]2[C@@H](O1)[C@H](n1cnc3c(Cl)ncnc31)[C@H](F)[C@@H]2OCc1ccccc1. The summed E-state index contributed by atoms with van der Waals surface area (Å²) in [6, 6.07) is 8.94. The molecular weight excluding hydrogens is 399 g/mol. The molecule has 0 unspecified atom stereocenters. The molecule has 7 nitrogen and oxygen atoms in total. The fourth-order valence-corrected chi connectivity index (χ4v) is 4.38. The lowest BCUT2D eigenvalue weighted by atomic mass is 10.2. The van der Waals surface area contributed by atoms with Crippen molar-refractivity contribution in [2.45, 2.75) is 56.8 Å². The van der Waals surface area contributed by atoms with Gasteiger partial charge in [-0.1, -0.05) is 41.9 Å². The molecule has 3 aromatic rings. The second kappa shape index (κ2) is 6.98. The summed E-state index contributed by atoms with van der Waals surface area (Å²) in [6.45, 7) is 3.91. The van der Waals surface area contributed by atoms with Crippen LogP contribution in [-0.4, -0.2) is 49.8 Å². The Bertz CT molecular complexity index is 1030. The van der Waals surface area contributed by atoms with Gasteiger partial charge in [-0.3, -0.25) is 0 Å². The summed E-state index contributed by atoms with van der Waals surface area (Å²) in [7, 11) is 0. The van der Waals surface area contributed by atoms with E-state index in [2.05, 4.69) is 15.0 Å². The van der Waals surface area contributed by atoms with Crippen LogP contribution < -0.4 is 0 Å². The standard InChI is InChI=1S/C20H20ClFN4O3/c1-20(2)28-16-14(26-10-25-13-18(21)23-9-24-19(13)26)12(22)15(17(16)29-20)27-8-11-6-4-3-5-7-11/h3-7,9-10,12,14-17H,8H2,1-2H3/t12-,14+,15-,16-,17+/m0/s1. The summed E-state index contributed by atoms with van der Waals surface area (Å²) in [5, 5.41) is 0.222. The Kier molecular flexibility index (Phi) is 4.54. The van der Waals surface area contributed by atoms with E-state index < -0.39 is 36.3 Å². The summed E-state index contributed by atoms with van der Waals surface area (Å²) >= 11 is 6.11. The molecule has 152 valence electrons. The van der Waals surface area contributed by atoms with Crippen molar-refractivity contribution >= 4 is 22.8 Å². The number of ether oxygens (including phenoxy) is 3. The number of hydrogen-bond acceptors (Lipinski definition) is 6. The van der Waals surface area contributed by atoms with Gasteiger partial charge in [-0.25, -0.2) is 19.3 Å². The summed E-state index contributed by atoms with van der Waals surface area (Å²) in [6.07, 6.45) is -0.414. The first-order valence-electron chi connectivity index (χ1n) is 9.43. The van der Waals surface area contributed by atoms with E-state index in [0.717, 1.165) is 5.56 Å². The predicted molar refractivity (Wildman–Crippen MR) is 103 cm³/mol. The minimum absolute atomic E-state index is 0.222. The lowest BCUT2D eigenvalue weighted by Gasteiger charge is -2.26. The summed E-state index contributed by atoms with van der Waals surface area (Å²) in [5.74, 6) is -0.842. The number of imidazole rings is 1. The molecule has 1 saturated heterocycles. The van der Waals surface area contributed by atoms with E-state index in [-0.39, 0.29) is 11.8 Å². The van der Waals surface area contributed by atoms with Crippen LogP contribution in [-0.2, 0) is 20.8 Å². The van der Waals surface area contributed by atoms with Gasteiger partial charge >= 0.3 is 0 Å². The Morgan fingerprint density at radius 2 is 1.90 bits per heavy atom. The number of fused-ring (bicyclic) bond motifs is 2. The average Bonchev–Trinajstić information content (AvgIpc) is 3.31. The van der Waals surface area contributed by atoms with E-state index in [1.165, 1.54) is 12.7 Å². The van der Waals surface area contributed by atoms with E-state index in [0.29, 0.717) is 11.2 Å². The normalized spacial score (nSPS) is 30.7. The third-order valence-corrected chi connectivity index (χ3v) is 5.66. The van der Waals surface area contributed by atoms with Crippen molar-refractivity contribution in [1.29, 1.82) is 0 Å². The van der Waals surface area contributed by atoms with Crippen LogP contribution in [0.1, 0.15) is 25.5 Å². The number of hydrogen-bond donors (Lipinski definition) is 0. The van der Waals surface area contributed by atoms with Gasteiger partial charge in [0.2, 0.25) is 0 Å². The lowest BCUT2D eigenvalue weighted by molar-refractivity contribution is -0.180. The van der Waals surface area contributed by atoms with Crippen molar-refractivity contribution in [3.8, 4) is 0 Å². The fourth-order valence-electron chi connectivity index (χ4n) is 4.20. The van der Waals surface area contributed by atoms with Gasteiger partial charge in [0, 0.05) is 0 Å². The molecule has 1 saturated carbocycles. The van der Waals surface area contributed by atoms with Gasteiger partial charge in [0.05, 0.1) is 19.0 Å². The Labute approximate surface area is 171 Å². The number of rotatable bonds is 4. The molecule has 5 atom stereocenters. The van der Waals surface area contributed by atoms with E-state index >= 15 is 4.39 Å². The summed E-state index contributed by atoms with van der Waals surface area (Å²) in [4.78, 5) is 12.5. The minimum Gasteiger partial charge on any atom is -0.368 e. The van der Waals surface area contributed by atoms with Crippen molar-refractivity contribution in [2.24, 2.45) is 0 Å². The third kappa shape index (κ3) is 3.20. The van der Waals surface area contributed by atoms with Crippen molar-refractivity contribution in [1.82, 2.24) is 19.5 Å². The van der Waals surface area contributed by atoms with Crippen LogP contribution in [0, 0.1) is 0 Å². The van der Waals surface area contributed by atoms with Gasteiger partial charge in [0.1, 0.15) is 30.2 Å². The smallest absolute Gasteiger partial charge is 0.165 e. The third-order valence-electron chi connectivity index (χ3n) is 5.38. The Balaban J connectivity index is 1.49. The zero-order valence-corrected chi connectivity index (χ0v) is 16.7. The van der Waals surface area contributed by atoms with Crippen LogP contribution in [0.4, 0.5) is 4.39 Å².